The molecule has 30 heavy (non-hydrogen) atoms. The Morgan fingerprint density at radius 3 is 1.90 bits per heavy atom. The number of aromatic nitrogens is 2. The predicted molar refractivity (Wildman–Crippen MR) is 120 cm³/mol. The average Bonchev–Trinajstić information content (AvgIpc) is 3.06. The number of nitrogens with one attached hydrogen (secondary N) is 1. The molecule has 0 saturated carbocycles. The van der Waals surface area contributed by atoms with Crippen LogP contribution in [-0.2, 0) is 12.0 Å². The van der Waals surface area contributed by atoms with Crippen molar-refractivity contribution < 1.29 is 0 Å². The molecule has 0 unspecified atom stereocenters. The Kier molecular flexibility index (Phi) is 6.72. The van der Waals surface area contributed by atoms with Gasteiger partial charge in [0.15, 0.2) is 5.69 Å². The first kappa shape index (κ1) is 21.4. The highest BCUT2D eigenvalue weighted by Crippen LogP contribution is 2.25. The number of azo groups is 2. The zero-order valence-corrected chi connectivity index (χ0v) is 18.0. The zero-order valence-electron chi connectivity index (χ0n) is 18.0. The summed E-state index contributed by atoms with van der Waals surface area (Å²) in [6, 6.07) is 16.8. The van der Waals surface area contributed by atoms with Crippen LogP contribution >= 0.6 is 0 Å². The Morgan fingerprint density at radius 1 is 0.833 bits per heavy atom. The van der Waals surface area contributed by atoms with Gasteiger partial charge in [0, 0.05) is 0 Å². The maximum atomic E-state index is 12.8. The van der Waals surface area contributed by atoms with Gasteiger partial charge in [-0.05, 0) is 70.0 Å². The van der Waals surface area contributed by atoms with E-state index in [2.05, 4.69) is 32.5 Å². The van der Waals surface area contributed by atoms with Gasteiger partial charge in [0.25, 0.3) is 5.56 Å². The normalized spacial score (nSPS) is 12.3. The molecule has 156 valence electrons. The maximum Gasteiger partial charge on any atom is 0.295 e. The molecule has 0 radical (unpaired) electrons. The van der Waals surface area contributed by atoms with Crippen LogP contribution in [0.3, 0.4) is 0 Å². The molecule has 0 atom stereocenters. The molecular formula is C23H28N6O. The molecule has 3 rings (SSSR count). The molecule has 3 aromatic rings. The van der Waals surface area contributed by atoms with Crippen molar-refractivity contribution in [3.8, 4) is 0 Å². The van der Waals surface area contributed by atoms with Crippen molar-refractivity contribution in [2.45, 2.75) is 52.5 Å². The Balaban J connectivity index is 1.80. The SMILES string of the molecule is CCCCc1[nH]n(C(C)(C)C)c(=O)c1N=Nc1ccc(N=Nc2ccccc2)cc1. The fourth-order valence-electron chi connectivity index (χ4n) is 2.88. The van der Waals surface area contributed by atoms with Crippen LogP contribution in [-0.4, -0.2) is 9.78 Å². The Bertz CT molecular complexity index is 1070. The van der Waals surface area contributed by atoms with Crippen LogP contribution in [0.2, 0.25) is 0 Å². The molecule has 1 N–H and O–H groups in total. The number of H-pyrrole nitrogens is 1. The van der Waals surface area contributed by atoms with Crippen LogP contribution in [0.4, 0.5) is 22.7 Å². The number of nitrogens with zero attached hydrogens (tertiary/aromatic N) is 5. The van der Waals surface area contributed by atoms with E-state index in [1.807, 2.05) is 75.4 Å². The summed E-state index contributed by atoms with van der Waals surface area (Å²) >= 11 is 0. The Morgan fingerprint density at radius 2 is 1.37 bits per heavy atom. The molecule has 0 aliphatic carbocycles. The van der Waals surface area contributed by atoms with E-state index in [0.717, 1.165) is 36.3 Å². The monoisotopic (exact) mass is 404 g/mol. The quantitative estimate of drug-likeness (QED) is 0.418. The van der Waals surface area contributed by atoms with E-state index in [4.69, 9.17) is 0 Å². The highest BCUT2D eigenvalue weighted by molar-refractivity contribution is 5.48. The van der Waals surface area contributed by atoms with E-state index < -0.39 is 0 Å². The average molecular weight is 405 g/mol. The fourth-order valence-corrected chi connectivity index (χ4v) is 2.88. The van der Waals surface area contributed by atoms with Crippen LogP contribution in [0.25, 0.3) is 0 Å². The third kappa shape index (κ3) is 5.37. The standard InChI is InChI=1S/C23H28N6O/c1-5-6-12-20-21(22(30)29(28-20)23(2,3)4)27-26-19-15-13-18(14-16-19)25-24-17-10-8-7-9-11-17/h7-11,13-16,28H,5-6,12H2,1-4H3. The van der Waals surface area contributed by atoms with E-state index in [1.54, 1.807) is 4.68 Å². The van der Waals surface area contributed by atoms with Gasteiger partial charge in [-0.15, -0.1) is 5.11 Å². The molecule has 1 aromatic heterocycles. The minimum atomic E-state index is -0.350. The topological polar surface area (TPSA) is 87.2 Å². The minimum absolute atomic E-state index is 0.148. The molecule has 0 saturated heterocycles. The van der Waals surface area contributed by atoms with E-state index in [1.165, 1.54) is 0 Å². The van der Waals surface area contributed by atoms with Gasteiger partial charge in [-0.25, -0.2) is 4.68 Å². The molecule has 0 fully saturated rings. The van der Waals surface area contributed by atoms with Crippen molar-refractivity contribution >= 4 is 22.7 Å². The number of hydrogen-bond acceptors (Lipinski definition) is 5. The number of aromatic amines is 1. The van der Waals surface area contributed by atoms with Crippen molar-refractivity contribution in [2.75, 3.05) is 0 Å². The molecule has 2 aromatic carbocycles. The molecule has 7 heteroatoms. The van der Waals surface area contributed by atoms with Crippen LogP contribution < -0.4 is 5.56 Å². The number of unbranched alkanes of at least 4 members (excludes halogenated alkanes) is 1. The minimum Gasteiger partial charge on any atom is -0.297 e. The first-order chi connectivity index (χ1) is 14.4. The Hall–Kier alpha value is -3.35. The van der Waals surface area contributed by atoms with Gasteiger partial charge in [0.2, 0.25) is 0 Å². The van der Waals surface area contributed by atoms with Crippen LogP contribution in [0.5, 0.6) is 0 Å². The van der Waals surface area contributed by atoms with Crippen LogP contribution in [0.15, 0.2) is 79.8 Å². The van der Waals surface area contributed by atoms with Crippen LogP contribution in [0, 0.1) is 0 Å². The van der Waals surface area contributed by atoms with Gasteiger partial charge in [0.05, 0.1) is 28.3 Å². The van der Waals surface area contributed by atoms with Crippen molar-refractivity contribution in [1.29, 1.82) is 0 Å². The van der Waals surface area contributed by atoms with Gasteiger partial charge < -0.3 is 0 Å². The van der Waals surface area contributed by atoms with Gasteiger partial charge >= 0.3 is 0 Å². The summed E-state index contributed by atoms with van der Waals surface area (Å²) in [4.78, 5) is 12.8. The van der Waals surface area contributed by atoms with Gasteiger partial charge in [0.1, 0.15) is 0 Å². The lowest BCUT2D eigenvalue weighted by molar-refractivity contribution is 0.343. The molecule has 7 nitrogen and oxygen atoms in total. The summed E-state index contributed by atoms with van der Waals surface area (Å²) in [7, 11) is 0. The first-order valence-corrected chi connectivity index (χ1v) is 10.2. The number of rotatable bonds is 7. The second-order valence-corrected chi connectivity index (χ2v) is 8.11. The smallest absolute Gasteiger partial charge is 0.295 e. The summed E-state index contributed by atoms with van der Waals surface area (Å²) in [6.07, 6.45) is 2.79. The molecule has 0 aliphatic heterocycles. The van der Waals surface area contributed by atoms with Crippen molar-refractivity contribution in [1.82, 2.24) is 9.78 Å². The molecule has 1 heterocycles. The maximum absolute atomic E-state index is 12.8. The second-order valence-electron chi connectivity index (χ2n) is 8.11. The van der Waals surface area contributed by atoms with Gasteiger partial charge in [-0.2, -0.15) is 15.3 Å². The van der Waals surface area contributed by atoms with E-state index in [0.29, 0.717) is 11.4 Å². The van der Waals surface area contributed by atoms with E-state index in [-0.39, 0.29) is 11.1 Å². The third-order valence-electron chi connectivity index (χ3n) is 4.54. The largest absolute Gasteiger partial charge is 0.297 e. The second kappa shape index (κ2) is 9.43. The summed E-state index contributed by atoms with van der Waals surface area (Å²) < 4.78 is 1.62. The van der Waals surface area contributed by atoms with Gasteiger partial charge in [-0.1, -0.05) is 31.5 Å². The van der Waals surface area contributed by atoms with Crippen LogP contribution in [0.1, 0.15) is 46.2 Å². The summed E-state index contributed by atoms with van der Waals surface area (Å²) in [6.45, 7) is 8.07. The predicted octanol–water partition coefficient (Wildman–Crippen LogP) is 7.10. The highest BCUT2D eigenvalue weighted by Gasteiger charge is 2.22. The zero-order chi connectivity index (χ0) is 21.6. The fraction of sp³-hybridized carbons (Fsp3) is 0.348. The lowest BCUT2D eigenvalue weighted by atomic mass is 10.1. The number of aryl methyl sites for hydroxylation is 1. The van der Waals surface area contributed by atoms with Crippen molar-refractivity contribution in [2.24, 2.45) is 20.5 Å². The van der Waals surface area contributed by atoms with Crippen molar-refractivity contribution in [3.05, 3.63) is 70.6 Å². The summed E-state index contributed by atoms with van der Waals surface area (Å²) in [5.41, 5.74) is 2.88. The Labute approximate surface area is 176 Å². The lowest BCUT2D eigenvalue weighted by Crippen LogP contribution is -2.32. The third-order valence-corrected chi connectivity index (χ3v) is 4.54. The number of benzene rings is 2. The molecule has 0 aliphatic rings. The number of hydrogen-bond donors (Lipinski definition) is 1. The van der Waals surface area contributed by atoms with E-state index >= 15 is 0 Å². The molecular weight excluding hydrogens is 376 g/mol. The van der Waals surface area contributed by atoms with Crippen molar-refractivity contribution in [3.63, 3.8) is 0 Å². The van der Waals surface area contributed by atoms with Gasteiger partial charge in [-0.3, -0.25) is 9.89 Å². The lowest BCUT2D eigenvalue weighted by Gasteiger charge is -2.19. The summed E-state index contributed by atoms with van der Waals surface area (Å²) in [5, 5.41) is 20.2. The molecule has 0 amide bonds. The molecule has 0 bridgehead atoms. The summed E-state index contributed by atoms with van der Waals surface area (Å²) in [5.74, 6) is 0. The first-order valence-electron chi connectivity index (χ1n) is 10.2. The molecule has 0 spiro atoms. The van der Waals surface area contributed by atoms with E-state index in [9.17, 15) is 4.79 Å². The highest BCUT2D eigenvalue weighted by atomic mass is 16.1.